The molecule has 0 fully saturated rings. The van der Waals surface area contributed by atoms with Gasteiger partial charge < -0.3 is 10.4 Å². The third-order valence-corrected chi connectivity index (χ3v) is 4.25. The SMILES string of the molecule is CCn1cc(-c2csc(NC(=O)CCn3nccc3C(=O)O)n2)cn1. The van der Waals surface area contributed by atoms with Gasteiger partial charge in [-0.2, -0.15) is 10.2 Å². The van der Waals surface area contributed by atoms with Gasteiger partial charge in [0.15, 0.2) is 5.13 Å². The summed E-state index contributed by atoms with van der Waals surface area (Å²) in [4.78, 5) is 27.4. The summed E-state index contributed by atoms with van der Waals surface area (Å²) < 4.78 is 3.09. The number of hydrogen-bond acceptors (Lipinski definition) is 6. The van der Waals surface area contributed by atoms with Gasteiger partial charge in [-0.25, -0.2) is 9.78 Å². The number of carboxylic acid groups (broad SMARTS) is 1. The molecule has 0 aliphatic rings. The van der Waals surface area contributed by atoms with Crippen molar-refractivity contribution in [2.45, 2.75) is 26.4 Å². The van der Waals surface area contributed by atoms with Crippen LogP contribution in [0.15, 0.2) is 30.0 Å². The van der Waals surface area contributed by atoms with E-state index >= 15 is 0 Å². The minimum atomic E-state index is -1.07. The number of anilines is 1. The second-order valence-corrected chi connectivity index (χ2v) is 6.02. The van der Waals surface area contributed by atoms with Crippen molar-refractivity contribution < 1.29 is 14.7 Å². The molecule has 0 aromatic carbocycles. The van der Waals surface area contributed by atoms with Crippen LogP contribution in [-0.2, 0) is 17.9 Å². The Labute approximate surface area is 146 Å². The molecule has 0 bridgehead atoms. The van der Waals surface area contributed by atoms with E-state index in [0.29, 0.717) is 5.13 Å². The Hall–Kier alpha value is -3.01. The number of aromatic carboxylic acids is 1. The normalized spacial score (nSPS) is 10.8. The van der Waals surface area contributed by atoms with E-state index in [4.69, 9.17) is 5.11 Å². The monoisotopic (exact) mass is 360 g/mol. The summed E-state index contributed by atoms with van der Waals surface area (Å²) in [6.07, 6.45) is 5.12. The van der Waals surface area contributed by atoms with Crippen molar-refractivity contribution >= 4 is 28.3 Å². The smallest absolute Gasteiger partial charge is 0.354 e. The molecule has 0 saturated carbocycles. The number of amides is 1. The zero-order valence-electron chi connectivity index (χ0n) is 13.4. The van der Waals surface area contributed by atoms with Crippen molar-refractivity contribution in [3.8, 4) is 11.3 Å². The summed E-state index contributed by atoms with van der Waals surface area (Å²) in [5, 5.41) is 22.2. The molecule has 10 heteroatoms. The summed E-state index contributed by atoms with van der Waals surface area (Å²) in [5.41, 5.74) is 1.69. The van der Waals surface area contributed by atoms with Gasteiger partial charge in [-0.1, -0.05) is 0 Å². The molecule has 0 spiro atoms. The minimum absolute atomic E-state index is 0.0530. The van der Waals surface area contributed by atoms with Gasteiger partial charge in [-0.15, -0.1) is 11.3 Å². The maximum absolute atomic E-state index is 12.0. The highest BCUT2D eigenvalue weighted by atomic mass is 32.1. The fraction of sp³-hybridized carbons (Fsp3) is 0.267. The van der Waals surface area contributed by atoms with Crippen molar-refractivity contribution in [3.63, 3.8) is 0 Å². The van der Waals surface area contributed by atoms with E-state index < -0.39 is 5.97 Å². The molecule has 3 aromatic rings. The number of carbonyl (C=O) groups is 2. The molecule has 25 heavy (non-hydrogen) atoms. The number of rotatable bonds is 7. The molecule has 9 nitrogen and oxygen atoms in total. The number of hydrogen-bond donors (Lipinski definition) is 2. The topological polar surface area (TPSA) is 115 Å². The molecule has 3 heterocycles. The highest BCUT2D eigenvalue weighted by molar-refractivity contribution is 7.14. The number of carbonyl (C=O) groups excluding carboxylic acids is 1. The quantitative estimate of drug-likeness (QED) is 0.665. The number of thiazole rings is 1. The number of aromatic nitrogens is 5. The summed E-state index contributed by atoms with van der Waals surface area (Å²) in [6, 6.07) is 1.39. The van der Waals surface area contributed by atoms with E-state index in [9.17, 15) is 9.59 Å². The van der Waals surface area contributed by atoms with Crippen LogP contribution in [0.2, 0.25) is 0 Å². The van der Waals surface area contributed by atoms with E-state index in [-0.39, 0.29) is 24.6 Å². The molecule has 130 valence electrons. The van der Waals surface area contributed by atoms with Gasteiger partial charge in [0, 0.05) is 36.3 Å². The predicted molar refractivity (Wildman–Crippen MR) is 91.4 cm³/mol. The van der Waals surface area contributed by atoms with Crippen molar-refractivity contribution in [2.24, 2.45) is 0 Å². The molecule has 0 radical (unpaired) electrons. The highest BCUT2D eigenvalue weighted by Gasteiger charge is 2.13. The third-order valence-electron chi connectivity index (χ3n) is 3.49. The summed E-state index contributed by atoms with van der Waals surface area (Å²) >= 11 is 1.32. The van der Waals surface area contributed by atoms with Crippen LogP contribution in [0.25, 0.3) is 11.3 Å². The van der Waals surface area contributed by atoms with Crippen LogP contribution in [0, 0.1) is 0 Å². The first-order chi connectivity index (χ1) is 12.1. The Bertz CT molecular complexity index is 897. The van der Waals surface area contributed by atoms with E-state index in [1.807, 2.05) is 18.5 Å². The van der Waals surface area contributed by atoms with Crippen LogP contribution >= 0.6 is 11.3 Å². The zero-order valence-corrected chi connectivity index (χ0v) is 14.2. The van der Waals surface area contributed by atoms with Crippen LogP contribution < -0.4 is 5.32 Å². The standard InChI is InChI=1S/C15H16N6O3S/c1-2-20-8-10(7-17-20)11-9-25-15(18-11)19-13(22)4-6-21-12(14(23)24)3-5-16-21/h3,5,7-9H,2,4,6H2,1H3,(H,23,24)(H,18,19,22). The average molecular weight is 360 g/mol. The van der Waals surface area contributed by atoms with E-state index in [1.165, 1.54) is 28.3 Å². The Morgan fingerprint density at radius 3 is 2.92 bits per heavy atom. The lowest BCUT2D eigenvalue weighted by Crippen LogP contribution is -2.17. The van der Waals surface area contributed by atoms with Crippen LogP contribution in [0.4, 0.5) is 5.13 Å². The van der Waals surface area contributed by atoms with Crippen LogP contribution in [-0.4, -0.2) is 41.5 Å². The lowest BCUT2D eigenvalue weighted by Gasteiger charge is -2.04. The largest absolute Gasteiger partial charge is 0.477 e. The molecule has 3 rings (SSSR count). The highest BCUT2D eigenvalue weighted by Crippen LogP contribution is 2.24. The molecular weight excluding hydrogens is 344 g/mol. The van der Waals surface area contributed by atoms with Crippen molar-refractivity contribution in [2.75, 3.05) is 5.32 Å². The minimum Gasteiger partial charge on any atom is -0.477 e. The second kappa shape index (κ2) is 7.26. The van der Waals surface area contributed by atoms with E-state index in [1.54, 1.807) is 10.9 Å². The molecule has 0 unspecified atom stereocenters. The lowest BCUT2D eigenvalue weighted by molar-refractivity contribution is -0.116. The van der Waals surface area contributed by atoms with Gasteiger partial charge >= 0.3 is 5.97 Å². The molecule has 1 amide bonds. The zero-order chi connectivity index (χ0) is 17.8. The van der Waals surface area contributed by atoms with Crippen molar-refractivity contribution in [3.05, 3.63) is 35.7 Å². The predicted octanol–water partition coefficient (Wildman–Crippen LogP) is 1.95. The Morgan fingerprint density at radius 2 is 2.20 bits per heavy atom. The maximum Gasteiger partial charge on any atom is 0.354 e. The first-order valence-electron chi connectivity index (χ1n) is 7.60. The molecule has 0 saturated heterocycles. The fourth-order valence-corrected chi connectivity index (χ4v) is 2.95. The first-order valence-corrected chi connectivity index (χ1v) is 8.48. The lowest BCUT2D eigenvalue weighted by atomic mass is 10.3. The maximum atomic E-state index is 12.0. The number of carboxylic acids is 1. The van der Waals surface area contributed by atoms with Gasteiger partial charge in [-0.3, -0.25) is 14.2 Å². The van der Waals surface area contributed by atoms with E-state index in [0.717, 1.165) is 17.8 Å². The van der Waals surface area contributed by atoms with Crippen molar-refractivity contribution in [1.29, 1.82) is 0 Å². The van der Waals surface area contributed by atoms with Gasteiger partial charge in [0.1, 0.15) is 5.69 Å². The summed E-state index contributed by atoms with van der Waals surface area (Å²) in [7, 11) is 0. The first kappa shape index (κ1) is 16.8. The third kappa shape index (κ3) is 3.91. The average Bonchev–Trinajstić information content (AvgIpc) is 3.32. The van der Waals surface area contributed by atoms with Crippen LogP contribution in [0.1, 0.15) is 23.8 Å². The number of nitrogens with zero attached hydrogens (tertiary/aromatic N) is 5. The van der Waals surface area contributed by atoms with Gasteiger partial charge in [0.05, 0.1) is 18.4 Å². The molecular formula is C15H16N6O3S. The van der Waals surface area contributed by atoms with Crippen LogP contribution in [0.5, 0.6) is 0 Å². The Morgan fingerprint density at radius 1 is 1.36 bits per heavy atom. The van der Waals surface area contributed by atoms with Gasteiger partial charge in [0.2, 0.25) is 5.91 Å². The molecule has 3 aromatic heterocycles. The number of aryl methyl sites for hydroxylation is 2. The Balaban J connectivity index is 1.58. The summed E-state index contributed by atoms with van der Waals surface area (Å²) in [6.45, 7) is 2.96. The molecule has 0 atom stereocenters. The second-order valence-electron chi connectivity index (χ2n) is 5.17. The van der Waals surface area contributed by atoms with E-state index in [2.05, 4.69) is 20.5 Å². The van der Waals surface area contributed by atoms with Gasteiger partial charge in [-0.05, 0) is 13.0 Å². The Kier molecular flexibility index (Phi) is 4.89. The molecule has 0 aliphatic carbocycles. The van der Waals surface area contributed by atoms with Crippen molar-refractivity contribution in [1.82, 2.24) is 24.5 Å². The molecule has 0 aliphatic heterocycles. The molecule has 2 N–H and O–H groups in total. The summed E-state index contributed by atoms with van der Waals surface area (Å²) in [5.74, 6) is -1.33. The van der Waals surface area contributed by atoms with Gasteiger partial charge in [0.25, 0.3) is 0 Å². The number of nitrogens with one attached hydrogen (secondary N) is 1. The van der Waals surface area contributed by atoms with Crippen LogP contribution in [0.3, 0.4) is 0 Å². The fourth-order valence-electron chi connectivity index (χ4n) is 2.21.